The van der Waals surface area contributed by atoms with E-state index in [0.717, 1.165) is 35.7 Å². The third-order valence-electron chi connectivity index (χ3n) is 5.61. The van der Waals surface area contributed by atoms with Crippen LogP contribution in [0.15, 0.2) is 36.4 Å². The minimum Gasteiger partial charge on any atom is -0.469 e. The molecule has 0 saturated heterocycles. The fraction of sp³-hybridized carbons (Fsp3) is 0.481. The molecule has 1 unspecified atom stereocenters. The highest BCUT2D eigenvalue weighted by molar-refractivity contribution is 6.01. The molecule has 0 radical (unpaired) electrons. The van der Waals surface area contributed by atoms with Crippen LogP contribution in [0.1, 0.15) is 58.9 Å². The van der Waals surface area contributed by atoms with E-state index in [-0.39, 0.29) is 11.9 Å². The number of terminal acetylenes is 1. The second kappa shape index (κ2) is 11.6. The molecule has 2 aromatic rings. The fourth-order valence-corrected chi connectivity index (χ4v) is 3.94. The van der Waals surface area contributed by atoms with Crippen molar-refractivity contribution >= 4 is 28.5 Å². The molecular weight excluding hydrogens is 402 g/mol. The van der Waals surface area contributed by atoms with Crippen LogP contribution in [0.5, 0.6) is 0 Å². The molecule has 0 aliphatic carbocycles. The molecule has 1 N–H and O–H groups in total. The molecule has 0 fully saturated rings. The summed E-state index contributed by atoms with van der Waals surface area (Å²) in [5.74, 6) is 3.05. The fourth-order valence-electron chi connectivity index (χ4n) is 3.94. The molecule has 1 amide bonds. The number of rotatable bonds is 9. The highest BCUT2D eigenvalue weighted by Gasteiger charge is 2.21. The molecule has 2 atom stereocenters. The second-order valence-electron chi connectivity index (χ2n) is 9.24. The Balaban J connectivity index is 2.20. The molecule has 0 aromatic heterocycles. The quantitative estimate of drug-likeness (QED) is 0.367. The van der Waals surface area contributed by atoms with Gasteiger partial charge in [0.15, 0.2) is 0 Å². The van der Waals surface area contributed by atoms with Gasteiger partial charge in [-0.1, -0.05) is 37.3 Å². The Labute approximate surface area is 191 Å². The summed E-state index contributed by atoms with van der Waals surface area (Å²) in [5.41, 5.74) is 1.36. The van der Waals surface area contributed by atoms with Crippen molar-refractivity contribution in [2.75, 3.05) is 12.4 Å². The predicted octanol–water partition coefficient (Wildman–Crippen LogP) is 6.35. The van der Waals surface area contributed by atoms with Crippen molar-refractivity contribution in [3.63, 3.8) is 0 Å². The summed E-state index contributed by atoms with van der Waals surface area (Å²) in [7, 11) is 1.42. The van der Waals surface area contributed by atoms with Crippen molar-refractivity contribution < 1.29 is 19.1 Å². The van der Waals surface area contributed by atoms with E-state index in [4.69, 9.17) is 15.9 Å². The average Bonchev–Trinajstić information content (AvgIpc) is 2.73. The van der Waals surface area contributed by atoms with Crippen molar-refractivity contribution in [2.24, 2.45) is 11.8 Å². The highest BCUT2D eigenvalue weighted by atomic mass is 16.6. The number of ether oxygens (including phenoxy) is 2. The SMILES string of the molecule is C#CCCC(CCc1ccc(NC(=O)OC(C)(C)C)c2ccccc12)[C@@H](C)CC(=O)OC. The summed E-state index contributed by atoms with van der Waals surface area (Å²) in [6, 6.07) is 12.0. The van der Waals surface area contributed by atoms with E-state index in [9.17, 15) is 9.59 Å². The molecule has 5 heteroatoms. The number of nitrogens with one attached hydrogen (secondary N) is 1. The number of methoxy groups -OCH3 is 1. The molecule has 5 nitrogen and oxygen atoms in total. The zero-order valence-electron chi connectivity index (χ0n) is 19.9. The van der Waals surface area contributed by atoms with E-state index >= 15 is 0 Å². The minimum atomic E-state index is -0.561. The topological polar surface area (TPSA) is 64.6 Å². The number of esters is 1. The molecule has 0 aliphatic heterocycles. The second-order valence-corrected chi connectivity index (χ2v) is 9.24. The molecule has 2 aromatic carbocycles. The van der Waals surface area contributed by atoms with Crippen LogP contribution in [-0.2, 0) is 20.7 Å². The Bertz CT molecular complexity index is 968. The van der Waals surface area contributed by atoms with E-state index in [1.165, 1.54) is 12.7 Å². The molecule has 0 spiro atoms. The van der Waals surface area contributed by atoms with Crippen molar-refractivity contribution in [3.8, 4) is 12.3 Å². The number of hydrogen-bond acceptors (Lipinski definition) is 4. The van der Waals surface area contributed by atoms with E-state index in [2.05, 4.69) is 30.3 Å². The van der Waals surface area contributed by atoms with Crippen LogP contribution in [-0.4, -0.2) is 24.8 Å². The maximum atomic E-state index is 12.3. The van der Waals surface area contributed by atoms with Crippen LogP contribution in [0.2, 0.25) is 0 Å². The van der Waals surface area contributed by atoms with Gasteiger partial charge in [-0.15, -0.1) is 12.3 Å². The minimum absolute atomic E-state index is 0.189. The van der Waals surface area contributed by atoms with Gasteiger partial charge in [0.1, 0.15) is 5.60 Å². The Morgan fingerprint density at radius 1 is 1.09 bits per heavy atom. The summed E-state index contributed by atoms with van der Waals surface area (Å²) < 4.78 is 10.2. The lowest BCUT2D eigenvalue weighted by molar-refractivity contribution is -0.142. The number of amides is 1. The molecule has 2 rings (SSSR count). The average molecular weight is 438 g/mol. The number of hydrogen-bond donors (Lipinski definition) is 1. The summed E-state index contributed by atoms with van der Waals surface area (Å²) in [5, 5.41) is 4.94. The zero-order valence-corrected chi connectivity index (χ0v) is 19.9. The molecule has 0 bridgehead atoms. The normalized spacial score (nSPS) is 13.1. The zero-order chi connectivity index (χ0) is 23.7. The molecular formula is C27H35NO4. The van der Waals surface area contributed by atoms with Gasteiger partial charge in [-0.05, 0) is 68.9 Å². The van der Waals surface area contributed by atoms with Gasteiger partial charge in [-0.3, -0.25) is 10.1 Å². The Kier molecular flexibility index (Phi) is 9.13. The predicted molar refractivity (Wildman–Crippen MR) is 129 cm³/mol. The first-order valence-corrected chi connectivity index (χ1v) is 11.2. The van der Waals surface area contributed by atoms with Crippen LogP contribution in [0.3, 0.4) is 0 Å². The molecule has 0 aliphatic rings. The van der Waals surface area contributed by atoms with E-state index < -0.39 is 11.7 Å². The van der Waals surface area contributed by atoms with E-state index in [0.29, 0.717) is 18.8 Å². The molecule has 0 heterocycles. The van der Waals surface area contributed by atoms with Crippen LogP contribution < -0.4 is 5.32 Å². The molecule has 172 valence electrons. The molecule has 32 heavy (non-hydrogen) atoms. The third-order valence-corrected chi connectivity index (χ3v) is 5.61. The summed E-state index contributed by atoms with van der Waals surface area (Å²) in [4.78, 5) is 24.0. The van der Waals surface area contributed by atoms with Crippen LogP contribution >= 0.6 is 0 Å². The maximum Gasteiger partial charge on any atom is 0.412 e. The first kappa shape index (κ1) is 25.3. The number of carbonyl (C=O) groups is 2. The van der Waals surface area contributed by atoms with Gasteiger partial charge in [0.2, 0.25) is 0 Å². The maximum absolute atomic E-state index is 12.3. The van der Waals surface area contributed by atoms with Gasteiger partial charge in [0.25, 0.3) is 0 Å². The number of anilines is 1. The van der Waals surface area contributed by atoms with Crippen molar-refractivity contribution in [1.29, 1.82) is 0 Å². The largest absolute Gasteiger partial charge is 0.469 e. The van der Waals surface area contributed by atoms with Gasteiger partial charge in [-0.25, -0.2) is 4.79 Å². The lowest BCUT2D eigenvalue weighted by Crippen LogP contribution is -2.27. The third kappa shape index (κ3) is 7.60. The Morgan fingerprint density at radius 3 is 2.41 bits per heavy atom. The highest BCUT2D eigenvalue weighted by Crippen LogP contribution is 2.31. The number of carbonyl (C=O) groups excluding carboxylic acids is 2. The van der Waals surface area contributed by atoms with Crippen LogP contribution in [0.25, 0.3) is 10.8 Å². The van der Waals surface area contributed by atoms with Gasteiger partial charge < -0.3 is 9.47 Å². The first-order chi connectivity index (χ1) is 15.1. The van der Waals surface area contributed by atoms with Gasteiger partial charge >= 0.3 is 12.1 Å². The van der Waals surface area contributed by atoms with Crippen molar-refractivity contribution in [3.05, 3.63) is 42.0 Å². The van der Waals surface area contributed by atoms with Crippen molar-refractivity contribution in [2.45, 2.75) is 65.4 Å². The first-order valence-electron chi connectivity index (χ1n) is 11.2. The number of aryl methyl sites for hydroxylation is 1. The van der Waals surface area contributed by atoms with Crippen molar-refractivity contribution in [1.82, 2.24) is 0 Å². The van der Waals surface area contributed by atoms with Crippen LogP contribution in [0.4, 0.5) is 10.5 Å². The van der Waals surface area contributed by atoms with Crippen LogP contribution in [0, 0.1) is 24.2 Å². The van der Waals surface area contributed by atoms with Gasteiger partial charge in [0, 0.05) is 18.2 Å². The molecule has 0 saturated carbocycles. The van der Waals surface area contributed by atoms with E-state index in [1.807, 2.05) is 45.0 Å². The smallest absolute Gasteiger partial charge is 0.412 e. The monoisotopic (exact) mass is 437 g/mol. The number of benzene rings is 2. The van der Waals surface area contributed by atoms with Gasteiger partial charge in [-0.2, -0.15) is 0 Å². The Hall–Kier alpha value is -3.00. The standard InChI is InChI=1S/C27H35NO4/c1-7-8-11-20(19(2)18-25(29)31-6)14-15-21-16-17-24(23-13-10-9-12-22(21)23)28-26(30)32-27(3,4)5/h1,9-10,12-13,16-17,19-20H,8,11,14-15,18H2,2-6H3,(H,28,30)/t19-,20?/m0/s1. The lowest BCUT2D eigenvalue weighted by Gasteiger charge is -2.23. The summed E-state index contributed by atoms with van der Waals surface area (Å²) in [6.45, 7) is 7.60. The van der Waals surface area contributed by atoms with E-state index in [1.54, 1.807) is 0 Å². The summed E-state index contributed by atoms with van der Waals surface area (Å²) >= 11 is 0. The Morgan fingerprint density at radius 2 is 1.78 bits per heavy atom. The lowest BCUT2D eigenvalue weighted by atomic mass is 9.82. The summed E-state index contributed by atoms with van der Waals surface area (Å²) in [6.07, 6.45) is 8.76. The number of fused-ring (bicyclic) bond motifs is 1. The van der Waals surface area contributed by atoms with Gasteiger partial charge in [0.05, 0.1) is 12.8 Å².